The molecule has 0 amide bonds. The molecule has 13 heteroatoms. The molecule has 12 nitrogen and oxygen atoms in total. The van der Waals surface area contributed by atoms with Crippen LogP contribution in [0.2, 0.25) is 0 Å². The van der Waals surface area contributed by atoms with E-state index in [-0.39, 0.29) is 71.1 Å². The summed E-state index contributed by atoms with van der Waals surface area (Å²) in [6.45, 7) is -1.19. The van der Waals surface area contributed by atoms with Crippen molar-refractivity contribution in [3.05, 3.63) is 29.8 Å². The molecule has 35 heavy (non-hydrogen) atoms. The minimum Gasteiger partial charge on any atom is -0.481 e. The summed E-state index contributed by atoms with van der Waals surface area (Å²) in [6.07, 6.45) is -0.815. The number of hydrogen-bond acceptors (Lipinski definition) is 10. The number of carboxylic acids is 3. The highest BCUT2D eigenvalue weighted by atomic mass is 32.1. The van der Waals surface area contributed by atoms with Gasteiger partial charge in [0.2, 0.25) is 0 Å². The summed E-state index contributed by atoms with van der Waals surface area (Å²) in [5, 5.41) is 28.7. The molecule has 3 N–H and O–H groups in total. The molecule has 0 unspecified atom stereocenters. The van der Waals surface area contributed by atoms with Gasteiger partial charge in [-0.25, -0.2) is 4.79 Å². The van der Waals surface area contributed by atoms with Gasteiger partial charge in [-0.3, -0.25) is 14.4 Å². The zero-order valence-electron chi connectivity index (χ0n) is 18.8. The predicted molar refractivity (Wildman–Crippen MR) is 123 cm³/mol. The second-order valence-electron chi connectivity index (χ2n) is 7.42. The van der Waals surface area contributed by atoms with Gasteiger partial charge in [0, 0.05) is 0 Å². The van der Waals surface area contributed by atoms with Crippen LogP contribution in [0.4, 0.5) is 5.69 Å². The van der Waals surface area contributed by atoms with Gasteiger partial charge in [0.1, 0.15) is 6.61 Å². The standard InChI is InChI=1S/C22H27NO11S/c24-18(25)5-8-31-11-22(12-32-9-6-19(26)27,13-33-10-7-20(28)29)14-34-21(30)16-1-3-17(4-2-16)23-15-35/h1-4H,5-14H2,(H,24,25)(H,26,27)(H,28,29). The van der Waals surface area contributed by atoms with E-state index in [1.54, 1.807) is 12.1 Å². The van der Waals surface area contributed by atoms with Crippen LogP contribution in [-0.4, -0.2) is 90.6 Å². The number of carbonyl (C=O) groups is 4. The first-order valence-electron chi connectivity index (χ1n) is 10.4. The van der Waals surface area contributed by atoms with E-state index < -0.39 is 29.3 Å². The Morgan fingerprint density at radius 1 is 0.771 bits per heavy atom. The molecule has 0 saturated heterocycles. The Balaban J connectivity index is 2.95. The minimum absolute atomic E-state index is 0.142. The Morgan fingerprint density at radius 2 is 1.20 bits per heavy atom. The molecule has 0 radical (unpaired) electrons. The van der Waals surface area contributed by atoms with Crippen LogP contribution in [0.1, 0.15) is 29.6 Å². The van der Waals surface area contributed by atoms with Crippen molar-refractivity contribution in [2.24, 2.45) is 10.4 Å². The molecule has 0 bridgehead atoms. The number of hydrogen-bond donors (Lipinski definition) is 3. The van der Waals surface area contributed by atoms with Gasteiger partial charge in [0.25, 0.3) is 0 Å². The Labute approximate surface area is 206 Å². The SMILES string of the molecule is O=C(O)CCOCC(COCCC(=O)O)(COCCC(=O)O)COC(=O)c1ccc(N=C=S)cc1. The van der Waals surface area contributed by atoms with Crippen molar-refractivity contribution in [1.29, 1.82) is 0 Å². The van der Waals surface area contributed by atoms with Crippen LogP contribution in [0.25, 0.3) is 0 Å². The molecule has 0 saturated carbocycles. The lowest BCUT2D eigenvalue weighted by molar-refractivity contribution is -0.140. The molecule has 1 aromatic carbocycles. The van der Waals surface area contributed by atoms with Gasteiger partial charge < -0.3 is 34.3 Å². The molecule has 0 spiro atoms. The third-order valence-electron chi connectivity index (χ3n) is 4.39. The summed E-state index contributed by atoms with van der Waals surface area (Å²) >= 11 is 4.53. The number of ether oxygens (including phenoxy) is 4. The van der Waals surface area contributed by atoms with Crippen LogP contribution in [-0.2, 0) is 33.3 Å². The average molecular weight is 514 g/mol. The monoisotopic (exact) mass is 513 g/mol. The van der Waals surface area contributed by atoms with E-state index in [0.29, 0.717) is 5.69 Å². The van der Waals surface area contributed by atoms with E-state index in [9.17, 15) is 19.2 Å². The maximum absolute atomic E-state index is 12.6. The summed E-state index contributed by atoms with van der Waals surface area (Å²) < 4.78 is 21.8. The van der Waals surface area contributed by atoms with E-state index >= 15 is 0 Å². The second-order valence-corrected chi connectivity index (χ2v) is 7.60. The van der Waals surface area contributed by atoms with E-state index in [0.717, 1.165) is 0 Å². The topological polar surface area (TPSA) is 178 Å². The summed E-state index contributed by atoms with van der Waals surface area (Å²) in [5.41, 5.74) is -0.448. The lowest BCUT2D eigenvalue weighted by Gasteiger charge is -2.32. The lowest BCUT2D eigenvalue weighted by atomic mass is 9.92. The van der Waals surface area contributed by atoms with Gasteiger partial charge >= 0.3 is 23.9 Å². The fourth-order valence-electron chi connectivity index (χ4n) is 2.62. The van der Waals surface area contributed by atoms with Gasteiger partial charge in [-0.15, -0.1) is 0 Å². The maximum atomic E-state index is 12.6. The largest absolute Gasteiger partial charge is 0.481 e. The van der Waals surface area contributed by atoms with Gasteiger partial charge in [-0.2, -0.15) is 4.99 Å². The normalized spacial score (nSPS) is 10.9. The highest BCUT2D eigenvalue weighted by Gasteiger charge is 2.34. The summed E-state index contributed by atoms with van der Waals surface area (Å²) in [5.74, 6) is -3.90. The van der Waals surface area contributed by atoms with E-state index in [2.05, 4.69) is 22.4 Å². The van der Waals surface area contributed by atoms with Gasteiger partial charge in [0.05, 0.1) is 80.7 Å². The van der Waals surface area contributed by atoms with Crippen molar-refractivity contribution in [1.82, 2.24) is 0 Å². The first-order chi connectivity index (χ1) is 16.7. The van der Waals surface area contributed by atoms with Crippen LogP contribution < -0.4 is 0 Å². The molecule has 0 aliphatic heterocycles. The molecule has 0 fully saturated rings. The molecular weight excluding hydrogens is 486 g/mol. The maximum Gasteiger partial charge on any atom is 0.338 e. The van der Waals surface area contributed by atoms with Crippen molar-refractivity contribution < 1.29 is 53.4 Å². The Kier molecular flexibility index (Phi) is 14.0. The van der Waals surface area contributed by atoms with Crippen molar-refractivity contribution >= 4 is 46.9 Å². The predicted octanol–water partition coefficient (Wildman–Crippen LogP) is 2.04. The van der Waals surface area contributed by atoms with Gasteiger partial charge in [-0.05, 0) is 36.5 Å². The zero-order valence-corrected chi connectivity index (χ0v) is 19.7. The molecule has 0 aromatic heterocycles. The molecule has 0 aliphatic rings. The number of nitrogens with zero attached hydrogens (tertiary/aromatic N) is 1. The van der Waals surface area contributed by atoms with Crippen LogP contribution in [0.15, 0.2) is 29.3 Å². The third kappa shape index (κ3) is 13.3. The lowest BCUT2D eigenvalue weighted by Crippen LogP contribution is -2.43. The van der Waals surface area contributed by atoms with Crippen molar-refractivity contribution in [3.8, 4) is 0 Å². The Bertz CT molecular complexity index is 842. The van der Waals surface area contributed by atoms with Crippen molar-refractivity contribution in [2.45, 2.75) is 19.3 Å². The first-order valence-corrected chi connectivity index (χ1v) is 10.8. The smallest absolute Gasteiger partial charge is 0.338 e. The van der Waals surface area contributed by atoms with E-state index in [1.165, 1.54) is 12.1 Å². The average Bonchev–Trinajstić information content (AvgIpc) is 2.81. The summed E-state index contributed by atoms with van der Waals surface area (Å²) in [4.78, 5) is 48.7. The molecule has 1 aromatic rings. The fourth-order valence-corrected chi connectivity index (χ4v) is 2.73. The number of carbonyl (C=O) groups excluding carboxylic acids is 1. The molecule has 0 heterocycles. The summed E-state index contributed by atoms with van der Waals surface area (Å²) in [7, 11) is 0. The van der Waals surface area contributed by atoms with E-state index in [1.807, 2.05) is 0 Å². The van der Waals surface area contributed by atoms with Gasteiger partial charge in [0.15, 0.2) is 0 Å². The Hall–Kier alpha value is -3.22. The first kappa shape index (κ1) is 29.8. The molecular formula is C22H27NO11S. The number of esters is 1. The highest BCUT2D eigenvalue weighted by Crippen LogP contribution is 2.22. The molecule has 192 valence electrons. The number of benzene rings is 1. The summed E-state index contributed by atoms with van der Waals surface area (Å²) in [6, 6.07) is 6.04. The van der Waals surface area contributed by atoms with Gasteiger partial charge in [-0.1, -0.05) is 0 Å². The fraction of sp³-hybridized carbons (Fsp3) is 0.500. The second kappa shape index (κ2) is 16.4. The number of carboxylic acid groups (broad SMARTS) is 3. The highest BCUT2D eigenvalue weighted by molar-refractivity contribution is 7.78. The number of aliphatic carboxylic acids is 3. The van der Waals surface area contributed by atoms with Crippen molar-refractivity contribution in [3.63, 3.8) is 0 Å². The Morgan fingerprint density at radius 3 is 1.57 bits per heavy atom. The molecule has 1 rings (SSSR count). The van der Waals surface area contributed by atoms with Crippen LogP contribution in [0.3, 0.4) is 0 Å². The van der Waals surface area contributed by atoms with E-state index in [4.69, 9.17) is 34.3 Å². The molecule has 0 aliphatic carbocycles. The van der Waals surface area contributed by atoms with Crippen molar-refractivity contribution in [2.75, 3.05) is 46.2 Å². The number of thiocarbonyl (C=S) groups is 1. The quantitative estimate of drug-likeness (QED) is 0.106. The third-order valence-corrected chi connectivity index (χ3v) is 4.48. The minimum atomic E-state index is -1.16. The molecule has 0 atom stereocenters. The zero-order chi connectivity index (χ0) is 26.1. The van der Waals surface area contributed by atoms with Crippen LogP contribution in [0.5, 0.6) is 0 Å². The van der Waals surface area contributed by atoms with Crippen LogP contribution >= 0.6 is 12.2 Å². The number of aliphatic imine (C=N–C) groups is 1. The number of isothiocyanates is 1. The number of rotatable bonds is 19. The van der Waals surface area contributed by atoms with Crippen LogP contribution in [0, 0.1) is 5.41 Å².